The number of hydrogen-bond acceptors (Lipinski definition) is 3. The lowest BCUT2D eigenvalue weighted by Crippen LogP contribution is -2.29. The summed E-state index contributed by atoms with van der Waals surface area (Å²) in [4.78, 5) is 15.5. The molecule has 1 fully saturated rings. The second-order valence-corrected chi connectivity index (χ2v) is 3.73. The zero-order valence-corrected chi connectivity index (χ0v) is 8.03. The molecule has 0 saturated heterocycles. The van der Waals surface area contributed by atoms with E-state index in [0.717, 1.165) is 12.0 Å². The van der Waals surface area contributed by atoms with Gasteiger partial charge in [0.05, 0.1) is 5.56 Å². The number of carbonyl (C=O) groups is 1. The molecule has 2 unspecified atom stereocenters. The Morgan fingerprint density at radius 2 is 2.36 bits per heavy atom. The van der Waals surface area contributed by atoms with Crippen molar-refractivity contribution in [3.05, 3.63) is 29.6 Å². The molecule has 0 radical (unpaired) electrons. The summed E-state index contributed by atoms with van der Waals surface area (Å²) in [5.74, 6) is -0.0841. The lowest BCUT2D eigenvalue weighted by Gasteiger charge is -2.03. The van der Waals surface area contributed by atoms with Gasteiger partial charge >= 0.3 is 0 Å². The van der Waals surface area contributed by atoms with E-state index < -0.39 is 0 Å². The minimum atomic E-state index is -0.0841. The van der Waals surface area contributed by atoms with Crippen LogP contribution in [0.25, 0.3) is 0 Å². The van der Waals surface area contributed by atoms with Crippen molar-refractivity contribution in [2.24, 2.45) is 5.73 Å². The van der Waals surface area contributed by atoms with Crippen LogP contribution in [0.2, 0.25) is 0 Å². The Hall–Kier alpha value is -1.42. The minimum absolute atomic E-state index is 0.0841. The molecule has 4 heteroatoms. The smallest absolute Gasteiger partial charge is 0.253 e. The minimum Gasteiger partial charge on any atom is -0.348 e. The fraction of sp³-hybridized carbons (Fsp3) is 0.400. The molecule has 1 saturated carbocycles. The Morgan fingerprint density at radius 1 is 1.64 bits per heavy atom. The molecule has 1 aliphatic rings. The Kier molecular flexibility index (Phi) is 2.21. The van der Waals surface area contributed by atoms with Crippen molar-refractivity contribution < 1.29 is 4.79 Å². The Bertz CT molecular complexity index is 364. The first kappa shape index (κ1) is 9.15. The highest BCUT2D eigenvalue weighted by atomic mass is 16.1. The van der Waals surface area contributed by atoms with E-state index in [9.17, 15) is 4.79 Å². The lowest BCUT2D eigenvalue weighted by atomic mass is 10.2. The summed E-state index contributed by atoms with van der Waals surface area (Å²) < 4.78 is 0. The van der Waals surface area contributed by atoms with Crippen molar-refractivity contribution in [1.29, 1.82) is 0 Å². The highest BCUT2D eigenvalue weighted by molar-refractivity contribution is 5.94. The molecule has 3 N–H and O–H groups in total. The molecular formula is C10H13N3O. The van der Waals surface area contributed by atoms with Gasteiger partial charge in [0.25, 0.3) is 5.91 Å². The number of hydrogen-bond donors (Lipinski definition) is 2. The molecule has 1 aliphatic carbocycles. The standard InChI is InChI=1S/C10H13N3O/c1-6-2-7(5-12-4-6)10(14)13-9-3-8(9)11/h2,4-5,8-9H,3,11H2,1H3,(H,13,14). The first-order valence-corrected chi connectivity index (χ1v) is 4.65. The maximum absolute atomic E-state index is 11.6. The van der Waals surface area contributed by atoms with E-state index in [2.05, 4.69) is 10.3 Å². The molecule has 0 spiro atoms. The highest BCUT2D eigenvalue weighted by Gasteiger charge is 2.34. The third-order valence-corrected chi connectivity index (χ3v) is 2.29. The first-order valence-electron chi connectivity index (χ1n) is 4.65. The third-order valence-electron chi connectivity index (χ3n) is 2.29. The van der Waals surface area contributed by atoms with Gasteiger partial charge in [-0.25, -0.2) is 0 Å². The fourth-order valence-electron chi connectivity index (χ4n) is 1.31. The summed E-state index contributed by atoms with van der Waals surface area (Å²) >= 11 is 0. The van der Waals surface area contributed by atoms with Crippen LogP contribution in [0, 0.1) is 6.92 Å². The normalized spacial score (nSPS) is 24.4. The molecule has 0 aromatic carbocycles. The van der Waals surface area contributed by atoms with Crippen LogP contribution in [-0.2, 0) is 0 Å². The van der Waals surface area contributed by atoms with Gasteiger partial charge in [0.15, 0.2) is 0 Å². The van der Waals surface area contributed by atoms with Crippen molar-refractivity contribution in [1.82, 2.24) is 10.3 Å². The molecule has 74 valence electrons. The van der Waals surface area contributed by atoms with E-state index in [1.54, 1.807) is 12.4 Å². The molecule has 14 heavy (non-hydrogen) atoms. The zero-order chi connectivity index (χ0) is 10.1. The quantitative estimate of drug-likeness (QED) is 0.702. The largest absolute Gasteiger partial charge is 0.348 e. The SMILES string of the molecule is Cc1cncc(C(=O)NC2CC2N)c1. The molecule has 2 atom stereocenters. The van der Waals surface area contributed by atoms with Crippen molar-refractivity contribution in [3.8, 4) is 0 Å². The predicted octanol–water partition coefficient (Wildman–Crippen LogP) is 0.219. The molecule has 1 amide bonds. The number of nitrogens with zero attached hydrogens (tertiary/aromatic N) is 1. The summed E-state index contributed by atoms with van der Waals surface area (Å²) in [6.45, 7) is 1.91. The fourth-order valence-corrected chi connectivity index (χ4v) is 1.31. The number of nitrogens with one attached hydrogen (secondary N) is 1. The number of carbonyl (C=O) groups excluding carboxylic acids is 1. The maximum Gasteiger partial charge on any atom is 0.253 e. The monoisotopic (exact) mass is 191 g/mol. The summed E-state index contributed by atoms with van der Waals surface area (Å²) in [5.41, 5.74) is 7.18. The summed E-state index contributed by atoms with van der Waals surface area (Å²) in [5, 5.41) is 2.84. The summed E-state index contributed by atoms with van der Waals surface area (Å²) in [6.07, 6.45) is 4.17. The van der Waals surface area contributed by atoms with Crippen LogP contribution in [0.5, 0.6) is 0 Å². The van der Waals surface area contributed by atoms with Gasteiger partial charge in [-0.15, -0.1) is 0 Å². The molecule has 1 aromatic rings. The summed E-state index contributed by atoms with van der Waals surface area (Å²) in [6, 6.07) is 2.11. The second kappa shape index (κ2) is 3.38. The van der Waals surface area contributed by atoms with E-state index in [4.69, 9.17) is 5.73 Å². The van der Waals surface area contributed by atoms with Gasteiger partial charge in [-0.05, 0) is 25.0 Å². The number of rotatable bonds is 2. The number of aryl methyl sites for hydroxylation is 1. The molecule has 1 heterocycles. The van der Waals surface area contributed by atoms with Crippen LogP contribution in [0.1, 0.15) is 22.3 Å². The van der Waals surface area contributed by atoms with Gasteiger partial charge in [-0.3, -0.25) is 9.78 Å². The van der Waals surface area contributed by atoms with Crippen molar-refractivity contribution in [2.75, 3.05) is 0 Å². The van der Waals surface area contributed by atoms with Crippen LogP contribution in [0.4, 0.5) is 0 Å². The van der Waals surface area contributed by atoms with Gasteiger partial charge in [0, 0.05) is 24.5 Å². The molecule has 2 rings (SSSR count). The van der Waals surface area contributed by atoms with Crippen LogP contribution in [0.15, 0.2) is 18.5 Å². The molecule has 0 aliphatic heterocycles. The Labute approximate surface area is 82.5 Å². The average Bonchev–Trinajstić information content (AvgIpc) is 2.81. The van der Waals surface area contributed by atoms with Crippen LogP contribution in [-0.4, -0.2) is 23.0 Å². The van der Waals surface area contributed by atoms with Gasteiger partial charge in [0.1, 0.15) is 0 Å². The third kappa shape index (κ3) is 1.90. The van der Waals surface area contributed by atoms with Gasteiger partial charge in [-0.2, -0.15) is 0 Å². The van der Waals surface area contributed by atoms with E-state index >= 15 is 0 Å². The van der Waals surface area contributed by atoms with Crippen LogP contribution >= 0.6 is 0 Å². The van der Waals surface area contributed by atoms with Crippen LogP contribution in [0.3, 0.4) is 0 Å². The van der Waals surface area contributed by atoms with E-state index in [1.807, 2.05) is 13.0 Å². The molecule has 4 nitrogen and oxygen atoms in total. The molecule has 1 aromatic heterocycles. The van der Waals surface area contributed by atoms with Gasteiger partial charge in [-0.1, -0.05) is 0 Å². The van der Waals surface area contributed by atoms with Crippen LogP contribution < -0.4 is 11.1 Å². The number of pyridine rings is 1. The summed E-state index contributed by atoms with van der Waals surface area (Å²) in [7, 11) is 0. The lowest BCUT2D eigenvalue weighted by molar-refractivity contribution is 0.0950. The zero-order valence-electron chi connectivity index (χ0n) is 8.03. The average molecular weight is 191 g/mol. The molecular weight excluding hydrogens is 178 g/mol. The number of nitrogens with two attached hydrogens (primary N) is 1. The van der Waals surface area contributed by atoms with Crippen molar-refractivity contribution in [3.63, 3.8) is 0 Å². The number of amides is 1. The first-order chi connectivity index (χ1) is 6.66. The van der Waals surface area contributed by atoms with Crippen molar-refractivity contribution >= 4 is 5.91 Å². The topological polar surface area (TPSA) is 68.0 Å². The van der Waals surface area contributed by atoms with E-state index in [1.165, 1.54) is 0 Å². The second-order valence-electron chi connectivity index (χ2n) is 3.73. The van der Waals surface area contributed by atoms with Crippen molar-refractivity contribution in [2.45, 2.75) is 25.4 Å². The maximum atomic E-state index is 11.6. The Balaban J connectivity index is 2.03. The Morgan fingerprint density at radius 3 is 2.93 bits per heavy atom. The molecule has 0 bridgehead atoms. The highest BCUT2D eigenvalue weighted by Crippen LogP contribution is 2.18. The van der Waals surface area contributed by atoms with Gasteiger partial charge in [0.2, 0.25) is 0 Å². The van der Waals surface area contributed by atoms with Gasteiger partial charge < -0.3 is 11.1 Å². The van der Waals surface area contributed by atoms with E-state index in [-0.39, 0.29) is 18.0 Å². The van der Waals surface area contributed by atoms with E-state index in [0.29, 0.717) is 5.56 Å². The predicted molar refractivity (Wildman–Crippen MR) is 52.8 cm³/mol. The number of aromatic nitrogens is 1.